The van der Waals surface area contributed by atoms with E-state index in [0.717, 1.165) is 68.1 Å². The lowest BCUT2D eigenvalue weighted by molar-refractivity contribution is 0.379. The molecule has 1 unspecified atom stereocenters. The summed E-state index contributed by atoms with van der Waals surface area (Å²) >= 11 is -1.97. The highest BCUT2D eigenvalue weighted by Crippen LogP contribution is 2.33. The molecule has 2 aromatic carbocycles. The smallest absolute Gasteiger partial charge is 0.316 e. The molecule has 0 saturated carbocycles. The molecule has 0 aromatic heterocycles. The van der Waals surface area contributed by atoms with Crippen LogP contribution in [0.25, 0.3) is 0 Å². The predicted molar refractivity (Wildman–Crippen MR) is 171 cm³/mol. The van der Waals surface area contributed by atoms with E-state index in [1.54, 1.807) is 13.0 Å². The Bertz CT molecular complexity index is 1190. The lowest BCUT2D eigenvalue weighted by Crippen LogP contribution is -2.33. The highest BCUT2D eigenvalue weighted by Gasteiger charge is 2.28. The van der Waals surface area contributed by atoms with Crippen molar-refractivity contribution in [3.63, 3.8) is 0 Å². The van der Waals surface area contributed by atoms with Gasteiger partial charge in [-0.1, -0.05) is 95.8 Å². The number of phenols is 1. The topological polar surface area (TPSA) is 95.9 Å². The number of phenolic OH excluding ortho intramolecular Hbond substituents is 1. The molecule has 41 heavy (non-hydrogen) atoms. The fraction of sp³-hybridized carbons (Fsp3) is 0.625. The maximum absolute atomic E-state index is 13.9. The third-order valence-electron chi connectivity index (χ3n) is 7.37. The Morgan fingerprint density at radius 1 is 0.756 bits per heavy atom. The van der Waals surface area contributed by atoms with Crippen molar-refractivity contribution in [3.05, 3.63) is 46.5 Å². The Hall–Kier alpha value is -2.10. The van der Waals surface area contributed by atoms with Crippen molar-refractivity contribution in [2.75, 3.05) is 17.8 Å². The van der Waals surface area contributed by atoms with E-state index in [2.05, 4.69) is 18.6 Å². The standard InChI is InChI=1S/C32H52N2O5S2/c1-7-9-11-13-15-17-19-34(20-18-16-14-12-10-8-2)41(37,38)30-24-29(23-26(4)31(30)35)33-40(36)39-32-27(5)21-25(3)22-28(32)6/h21-24,33,35H,7-20H2,1-6H3. The van der Waals surface area contributed by atoms with Crippen LogP contribution >= 0.6 is 0 Å². The zero-order valence-electron chi connectivity index (χ0n) is 26.1. The summed E-state index contributed by atoms with van der Waals surface area (Å²) in [6, 6.07) is 6.85. The molecule has 232 valence electrons. The molecule has 0 aliphatic carbocycles. The number of unbranched alkanes of at least 4 members (excludes halogenated alkanes) is 10. The van der Waals surface area contributed by atoms with Crippen molar-refractivity contribution in [3.8, 4) is 11.5 Å². The van der Waals surface area contributed by atoms with E-state index < -0.39 is 21.3 Å². The number of nitrogens with one attached hydrogen (secondary N) is 1. The Labute approximate surface area is 251 Å². The Morgan fingerprint density at radius 2 is 1.24 bits per heavy atom. The van der Waals surface area contributed by atoms with Crippen LogP contribution in [0.4, 0.5) is 5.69 Å². The fourth-order valence-corrected chi connectivity index (χ4v) is 7.59. The first kappa shape index (κ1) is 35.1. The van der Waals surface area contributed by atoms with E-state index >= 15 is 0 Å². The van der Waals surface area contributed by atoms with Gasteiger partial charge in [0.15, 0.2) is 0 Å². The zero-order chi connectivity index (χ0) is 30.4. The molecule has 7 nitrogen and oxygen atoms in total. The lowest BCUT2D eigenvalue weighted by atomic mass is 10.1. The Kier molecular flexibility index (Phi) is 15.2. The van der Waals surface area contributed by atoms with E-state index in [4.69, 9.17) is 4.18 Å². The second kappa shape index (κ2) is 17.8. The van der Waals surface area contributed by atoms with E-state index in [1.807, 2.05) is 32.9 Å². The van der Waals surface area contributed by atoms with Crippen LogP contribution in [0.3, 0.4) is 0 Å². The molecule has 0 fully saturated rings. The largest absolute Gasteiger partial charge is 0.506 e. The molecule has 0 aliphatic heterocycles. The van der Waals surface area contributed by atoms with Gasteiger partial charge in [0.2, 0.25) is 10.0 Å². The summed E-state index contributed by atoms with van der Waals surface area (Å²) in [4.78, 5) is -0.170. The molecular weight excluding hydrogens is 556 g/mol. The number of aromatic hydroxyl groups is 1. The van der Waals surface area contributed by atoms with Crippen molar-refractivity contribution < 1.29 is 21.9 Å². The molecule has 0 spiro atoms. The molecule has 2 N–H and O–H groups in total. The maximum atomic E-state index is 13.9. The van der Waals surface area contributed by atoms with E-state index in [1.165, 1.54) is 36.1 Å². The van der Waals surface area contributed by atoms with E-state index in [0.29, 0.717) is 30.1 Å². The molecule has 0 heterocycles. The normalized spacial score (nSPS) is 12.6. The average molecular weight is 609 g/mol. The SMILES string of the molecule is CCCCCCCCN(CCCCCCCC)S(=O)(=O)c1cc(NS(=O)Oc2c(C)cc(C)cc2C)cc(C)c1O. The summed E-state index contributed by atoms with van der Waals surface area (Å²) in [5.74, 6) is 0.247. The summed E-state index contributed by atoms with van der Waals surface area (Å²) in [6.07, 6.45) is 12.7. The molecule has 0 saturated heterocycles. The molecule has 0 radical (unpaired) electrons. The Balaban J connectivity index is 2.23. The van der Waals surface area contributed by atoms with Gasteiger partial charge >= 0.3 is 11.3 Å². The van der Waals surface area contributed by atoms with Crippen molar-refractivity contribution in [2.24, 2.45) is 0 Å². The molecule has 0 bridgehead atoms. The number of nitrogens with zero attached hydrogens (tertiary/aromatic N) is 1. The molecule has 9 heteroatoms. The number of benzene rings is 2. The quantitative estimate of drug-likeness (QED) is 0.116. The number of anilines is 1. The maximum Gasteiger partial charge on any atom is 0.316 e. The summed E-state index contributed by atoms with van der Waals surface area (Å²) in [7, 11) is -3.98. The van der Waals surface area contributed by atoms with Gasteiger partial charge in [-0.2, -0.15) is 8.51 Å². The van der Waals surface area contributed by atoms with Gasteiger partial charge in [-0.05, 0) is 69.4 Å². The van der Waals surface area contributed by atoms with Gasteiger partial charge in [0.25, 0.3) is 0 Å². The van der Waals surface area contributed by atoms with Crippen LogP contribution in [0.15, 0.2) is 29.2 Å². The Morgan fingerprint density at radius 3 is 1.76 bits per heavy atom. The summed E-state index contributed by atoms with van der Waals surface area (Å²) in [5, 5.41) is 10.9. The monoisotopic (exact) mass is 608 g/mol. The second-order valence-electron chi connectivity index (χ2n) is 11.2. The molecule has 0 aliphatic rings. The van der Waals surface area contributed by atoms with Crippen molar-refractivity contribution in [2.45, 2.75) is 123 Å². The van der Waals surface area contributed by atoms with E-state index in [9.17, 15) is 17.7 Å². The van der Waals surface area contributed by atoms with Gasteiger partial charge in [-0.15, -0.1) is 0 Å². The van der Waals surface area contributed by atoms with Gasteiger partial charge in [0.1, 0.15) is 16.4 Å². The summed E-state index contributed by atoms with van der Waals surface area (Å²) in [5.41, 5.74) is 3.50. The summed E-state index contributed by atoms with van der Waals surface area (Å²) < 4.78 is 50.8. The van der Waals surface area contributed by atoms with Crippen LogP contribution in [-0.2, 0) is 21.3 Å². The molecule has 2 aromatic rings. The average Bonchev–Trinajstić information content (AvgIpc) is 2.90. The first-order valence-corrected chi connectivity index (χ1v) is 17.8. The first-order valence-electron chi connectivity index (χ1n) is 15.3. The third kappa shape index (κ3) is 11.2. The van der Waals surface area contributed by atoms with Gasteiger partial charge in [0, 0.05) is 13.1 Å². The highest BCUT2D eigenvalue weighted by molar-refractivity contribution is 7.89. The minimum absolute atomic E-state index is 0.170. The van der Waals surface area contributed by atoms with Gasteiger partial charge < -0.3 is 9.29 Å². The molecule has 1 atom stereocenters. The van der Waals surface area contributed by atoms with Gasteiger partial charge in [-0.3, -0.25) is 4.72 Å². The van der Waals surface area contributed by atoms with Gasteiger partial charge in [0.05, 0.1) is 5.69 Å². The lowest BCUT2D eigenvalue weighted by Gasteiger charge is -2.24. The fourth-order valence-electron chi connectivity index (χ4n) is 5.12. The minimum atomic E-state index is -3.98. The zero-order valence-corrected chi connectivity index (χ0v) is 27.7. The number of hydrogen-bond acceptors (Lipinski definition) is 5. The third-order valence-corrected chi connectivity index (χ3v) is 10.0. The molecular formula is C32H52N2O5S2. The molecule has 0 amide bonds. The predicted octanol–water partition coefficient (Wildman–Crippen LogP) is 8.41. The van der Waals surface area contributed by atoms with Crippen LogP contribution < -0.4 is 8.91 Å². The van der Waals surface area contributed by atoms with Crippen molar-refractivity contribution in [1.29, 1.82) is 0 Å². The first-order chi connectivity index (χ1) is 19.5. The van der Waals surface area contributed by atoms with E-state index in [-0.39, 0.29) is 10.6 Å². The highest BCUT2D eigenvalue weighted by atomic mass is 32.2. The van der Waals surface area contributed by atoms with Gasteiger partial charge in [-0.25, -0.2) is 8.42 Å². The van der Waals surface area contributed by atoms with Crippen LogP contribution in [0, 0.1) is 27.7 Å². The van der Waals surface area contributed by atoms with Crippen LogP contribution in [0.5, 0.6) is 11.5 Å². The number of hydrogen-bond donors (Lipinski definition) is 2. The van der Waals surface area contributed by atoms with Crippen molar-refractivity contribution >= 4 is 27.0 Å². The molecule has 2 rings (SSSR count). The summed E-state index contributed by atoms with van der Waals surface area (Å²) in [6.45, 7) is 12.6. The van der Waals surface area contributed by atoms with Crippen LogP contribution in [-0.4, -0.2) is 35.1 Å². The van der Waals surface area contributed by atoms with Crippen molar-refractivity contribution in [1.82, 2.24) is 4.31 Å². The number of rotatable bonds is 20. The van der Waals surface area contributed by atoms with Crippen LogP contribution in [0.2, 0.25) is 0 Å². The number of aryl methyl sites for hydroxylation is 4. The second-order valence-corrected chi connectivity index (χ2v) is 14.0. The number of sulfonamides is 1. The minimum Gasteiger partial charge on any atom is -0.506 e. The van der Waals surface area contributed by atoms with Crippen LogP contribution in [0.1, 0.15) is 113 Å².